The maximum Gasteiger partial charge on any atom is 0.239 e. The molecule has 0 bridgehead atoms. The Balaban J connectivity index is 0.00000306. The van der Waals surface area contributed by atoms with Gasteiger partial charge >= 0.3 is 0 Å². The van der Waals surface area contributed by atoms with Gasteiger partial charge in [0.2, 0.25) is 5.91 Å². The maximum absolute atomic E-state index is 13.7. The number of carbonyl (C=O) groups excluding carboxylic acids is 1. The minimum atomic E-state index is -0.719. The fourth-order valence-electron chi connectivity index (χ4n) is 4.39. The van der Waals surface area contributed by atoms with E-state index < -0.39 is 17.8 Å². The molecular weight excluding hydrogens is 451 g/mol. The number of hydrogen-bond donors (Lipinski definition) is 1. The van der Waals surface area contributed by atoms with E-state index in [2.05, 4.69) is 4.90 Å². The lowest BCUT2D eigenvalue weighted by Gasteiger charge is -2.42. The summed E-state index contributed by atoms with van der Waals surface area (Å²) < 4.78 is 40.8. The van der Waals surface area contributed by atoms with Gasteiger partial charge in [-0.15, -0.1) is 12.4 Å². The Morgan fingerprint density at radius 2 is 1.18 bits per heavy atom. The Hall–Kier alpha value is -2.87. The summed E-state index contributed by atoms with van der Waals surface area (Å²) in [5.74, 6) is -1.59. The molecule has 0 saturated carbocycles. The van der Waals surface area contributed by atoms with Crippen molar-refractivity contribution in [1.82, 2.24) is 9.80 Å². The van der Waals surface area contributed by atoms with E-state index in [0.717, 1.165) is 11.1 Å². The van der Waals surface area contributed by atoms with Crippen LogP contribution in [0.3, 0.4) is 0 Å². The summed E-state index contributed by atoms with van der Waals surface area (Å²) in [7, 11) is 0. The molecule has 3 aromatic carbocycles. The van der Waals surface area contributed by atoms with Crippen molar-refractivity contribution in [2.45, 2.75) is 12.1 Å². The third-order valence-electron chi connectivity index (χ3n) is 5.88. The van der Waals surface area contributed by atoms with Crippen LogP contribution < -0.4 is 5.73 Å². The summed E-state index contributed by atoms with van der Waals surface area (Å²) in [6.07, 6.45) is 0. The van der Waals surface area contributed by atoms with Crippen LogP contribution in [0.5, 0.6) is 0 Å². The number of amides is 1. The second kappa shape index (κ2) is 10.8. The molecule has 3 aromatic rings. The second-order valence-corrected chi connectivity index (χ2v) is 7.94. The SMILES string of the molecule is Cl.NC(=O)C(c1cccc(F)c1)N1CCN(C(c2ccc(F)cc2)c2ccc(F)cc2)CC1. The van der Waals surface area contributed by atoms with E-state index in [1.807, 2.05) is 4.90 Å². The molecule has 174 valence electrons. The highest BCUT2D eigenvalue weighted by Crippen LogP contribution is 2.31. The van der Waals surface area contributed by atoms with Crippen molar-refractivity contribution < 1.29 is 18.0 Å². The maximum atomic E-state index is 13.7. The molecule has 0 radical (unpaired) electrons. The zero-order chi connectivity index (χ0) is 22.7. The smallest absolute Gasteiger partial charge is 0.239 e. The Bertz CT molecular complexity index is 1030. The predicted molar refractivity (Wildman–Crippen MR) is 123 cm³/mol. The number of primary amides is 1. The third kappa shape index (κ3) is 5.74. The van der Waals surface area contributed by atoms with Crippen LogP contribution >= 0.6 is 12.4 Å². The van der Waals surface area contributed by atoms with Crippen LogP contribution in [0, 0.1) is 17.5 Å². The number of nitrogens with zero attached hydrogens (tertiary/aromatic N) is 2. The van der Waals surface area contributed by atoms with E-state index >= 15 is 0 Å². The van der Waals surface area contributed by atoms with Gasteiger partial charge in [-0.1, -0.05) is 36.4 Å². The number of halogens is 4. The van der Waals surface area contributed by atoms with Gasteiger partial charge in [-0.05, 0) is 53.1 Å². The molecule has 2 N–H and O–H groups in total. The van der Waals surface area contributed by atoms with Crippen LogP contribution in [0.15, 0.2) is 72.8 Å². The van der Waals surface area contributed by atoms with Crippen LogP contribution in [0.1, 0.15) is 28.8 Å². The van der Waals surface area contributed by atoms with Crippen molar-refractivity contribution in [3.63, 3.8) is 0 Å². The first-order valence-corrected chi connectivity index (χ1v) is 10.5. The largest absolute Gasteiger partial charge is 0.368 e. The molecule has 1 unspecified atom stereocenters. The van der Waals surface area contributed by atoms with Crippen molar-refractivity contribution in [3.8, 4) is 0 Å². The van der Waals surface area contributed by atoms with Crippen molar-refractivity contribution in [3.05, 3.63) is 107 Å². The minimum Gasteiger partial charge on any atom is -0.368 e. The highest BCUT2D eigenvalue weighted by Gasteiger charge is 2.32. The molecule has 1 aliphatic rings. The molecule has 1 aliphatic heterocycles. The molecule has 8 heteroatoms. The van der Waals surface area contributed by atoms with E-state index in [9.17, 15) is 18.0 Å². The topological polar surface area (TPSA) is 49.6 Å². The van der Waals surface area contributed by atoms with Crippen molar-refractivity contribution in [2.75, 3.05) is 26.2 Å². The Morgan fingerprint density at radius 1 is 0.697 bits per heavy atom. The van der Waals surface area contributed by atoms with Gasteiger partial charge < -0.3 is 5.73 Å². The van der Waals surface area contributed by atoms with Gasteiger partial charge in [-0.25, -0.2) is 13.2 Å². The van der Waals surface area contributed by atoms with Gasteiger partial charge in [0.1, 0.15) is 23.5 Å². The van der Waals surface area contributed by atoms with Crippen molar-refractivity contribution in [1.29, 1.82) is 0 Å². The van der Waals surface area contributed by atoms with E-state index in [4.69, 9.17) is 5.73 Å². The summed E-state index contributed by atoms with van der Waals surface area (Å²) in [6.45, 7) is 2.25. The zero-order valence-corrected chi connectivity index (χ0v) is 18.6. The monoisotopic (exact) mass is 475 g/mol. The fourth-order valence-corrected chi connectivity index (χ4v) is 4.39. The summed E-state index contributed by atoms with van der Waals surface area (Å²) in [4.78, 5) is 16.4. The summed E-state index contributed by atoms with van der Waals surface area (Å²) >= 11 is 0. The standard InChI is InChI=1S/C25H24F3N3O.ClH/c26-20-8-4-17(5-9-20)23(18-6-10-21(27)11-7-18)30-12-14-31(15-13-30)24(25(29)32)19-2-1-3-22(28)16-19;/h1-11,16,23-24H,12-15H2,(H2,29,32);1H. The Kier molecular flexibility index (Phi) is 8.13. The van der Waals surface area contributed by atoms with E-state index in [1.54, 1.807) is 36.4 Å². The summed E-state index contributed by atoms with van der Waals surface area (Å²) in [5.41, 5.74) is 7.98. The van der Waals surface area contributed by atoms with Gasteiger partial charge in [0.15, 0.2) is 0 Å². The quantitative estimate of drug-likeness (QED) is 0.572. The first kappa shape index (κ1) is 24.8. The summed E-state index contributed by atoms with van der Waals surface area (Å²) in [6, 6.07) is 17.6. The number of nitrogens with two attached hydrogens (primary N) is 1. The molecule has 1 fully saturated rings. The first-order valence-electron chi connectivity index (χ1n) is 10.5. The normalized spacial score (nSPS) is 15.8. The number of rotatable bonds is 6. The van der Waals surface area contributed by atoms with Gasteiger partial charge in [0.25, 0.3) is 0 Å². The summed E-state index contributed by atoms with van der Waals surface area (Å²) in [5, 5.41) is 0. The first-order chi connectivity index (χ1) is 15.4. The molecule has 0 aromatic heterocycles. The lowest BCUT2D eigenvalue weighted by molar-refractivity contribution is -0.124. The number of benzene rings is 3. The molecule has 1 heterocycles. The molecule has 0 spiro atoms. The average Bonchev–Trinajstić information content (AvgIpc) is 2.78. The molecule has 1 amide bonds. The second-order valence-electron chi connectivity index (χ2n) is 7.94. The zero-order valence-electron chi connectivity index (χ0n) is 17.8. The van der Waals surface area contributed by atoms with E-state index in [1.165, 1.54) is 36.4 Å². The van der Waals surface area contributed by atoms with Crippen molar-refractivity contribution >= 4 is 18.3 Å². The van der Waals surface area contributed by atoms with Crippen molar-refractivity contribution in [2.24, 2.45) is 5.73 Å². The van der Waals surface area contributed by atoms with Crippen LogP contribution in [0.4, 0.5) is 13.2 Å². The molecule has 4 rings (SSSR count). The van der Waals surface area contributed by atoms with Gasteiger partial charge in [0.05, 0.1) is 6.04 Å². The average molecular weight is 476 g/mol. The molecule has 1 atom stereocenters. The van der Waals surface area contributed by atoms with E-state index in [0.29, 0.717) is 31.7 Å². The fraction of sp³-hybridized carbons (Fsp3) is 0.240. The number of hydrogen-bond acceptors (Lipinski definition) is 3. The lowest BCUT2D eigenvalue weighted by atomic mass is 9.95. The molecule has 1 saturated heterocycles. The Morgan fingerprint density at radius 3 is 1.64 bits per heavy atom. The minimum absolute atomic E-state index is 0. The van der Waals surface area contributed by atoms with Crippen LogP contribution in [-0.2, 0) is 4.79 Å². The highest BCUT2D eigenvalue weighted by atomic mass is 35.5. The Labute approximate surface area is 197 Å². The van der Waals surface area contributed by atoms with Gasteiger partial charge in [-0.2, -0.15) is 0 Å². The number of carbonyl (C=O) groups is 1. The third-order valence-corrected chi connectivity index (χ3v) is 5.88. The highest BCUT2D eigenvalue weighted by molar-refractivity contribution is 5.85. The van der Waals surface area contributed by atoms with Crippen LogP contribution in [0.2, 0.25) is 0 Å². The molecule has 0 aliphatic carbocycles. The molecular formula is C25H25ClF3N3O. The van der Waals surface area contributed by atoms with Gasteiger partial charge in [0, 0.05) is 26.2 Å². The lowest BCUT2D eigenvalue weighted by Crippen LogP contribution is -2.51. The van der Waals surface area contributed by atoms with Crippen LogP contribution in [-0.4, -0.2) is 41.9 Å². The molecule has 33 heavy (non-hydrogen) atoms. The van der Waals surface area contributed by atoms with Gasteiger partial charge in [-0.3, -0.25) is 14.6 Å². The van der Waals surface area contributed by atoms with E-state index in [-0.39, 0.29) is 30.1 Å². The molecule has 4 nitrogen and oxygen atoms in total. The number of piperazine rings is 1. The predicted octanol–water partition coefficient (Wildman–Crippen LogP) is 4.46. The van der Waals surface area contributed by atoms with Crippen LogP contribution in [0.25, 0.3) is 0 Å².